The molecule has 0 radical (unpaired) electrons. The molecule has 0 aliphatic heterocycles. The highest BCUT2D eigenvalue weighted by atomic mass is 19.4. The number of nitrogen functional groups attached to an aromatic ring is 1. The Morgan fingerprint density at radius 3 is 1.76 bits per heavy atom. The van der Waals surface area contributed by atoms with Gasteiger partial charge in [-0.1, -0.05) is 32.9 Å². The Hall–Kier alpha value is -2.70. The molecule has 0 unspecified atom stereocenters. The molecule has 0 aliphatic rings. The third-order valence-electron chi connectivity index (χ3n) is 3.50. The van der Waals surface area contributed by atoms with Crippen LogP contribution in [0.4, 0.5) is 30.2 Å². The topological polar surface area (TPSA) is 55.6 Å². The van der Waals surface area contributed by atoms with Crippen molar-refractivity contribution >= 4 is 23.0 Å². The summed E-state index contributed by atoms with van der Waals surface area (Å²) in [4.78, 5) is 15.9. The zero-order valence-corrected chi connectivity index (χ0v) is 14.1. The van der Waals surface area contributed by atoms with E-state index < -0.39 is 12.1 Å². The third-order valence-corrected chi connectivity index (χ3v) is 3.50. The zero-order chi connectivity index (χ0) is 18.8. The van der Waals surface area contributed by atoms with Crippen LogP contribution in [-0.4, -0.2) is 12.1 Å². The van der Waals surface area contributed by atoms with Crippen LogP contribution in [0.25, 0.3) is 0 Å². The number of carbonyl (C=O) groups excluding carboxylic acids is 1. The number of carbonyl (C=O) groups is 1. The maximum Gasteiger partial charge on any atom is 0.493 e. The second-order valence-electron chi connectivity index (χ2n) is 6.56. The molecule has 2 aromatic carbocycles. The summed E-state index contributed by atoms with van der Waals surface area (Å²) in [5, 5.41) is 0.835. The molecule has 25 heavy (non-hydrogen) atoms. The Labute approximate surface area is 144 Å². The predicted octanol–water partition coefficient (Wildman–Crippen LogP) is 4.72. The number of nitrogens with two attached hydrogens (primary N) is 1. The monoisotopic (exact) mass is 352 g/mol. The number of hydrogen-bond acceptors (Lipinski definition) is 4. The second-order valence-corrected chi connectivity index (χ2v) is 6.56. The van der Waals surface area contributed by atoms with Gasteiger partial charge in [-0.3, -0.25) is 0 Å². The number of rotatable bonds is 3. The van der Waals surface area contributed by atoms with E-state index in [1.807, 2.05) is 20.8 Å². The number of halogens is 3. The highest BCUT2D eigenvalue weighted by Gasteiger charge is 2.43. The third kappa shape index (κ3) is 4.65. The normalized spacial score (nSPS) is 11.9. The SMILES string of the molecule is CC(C)(C)c1ccc(N(OC(=O)C(F)(F)F)c2ccc(N)cc2)cc1. The van der Waals surface area contributed by atoms with E-state index in [0.717, 1.165) is 10.6 Å². The molecule has 0 aromatic heterocycles. The molecule has 0 aliphatic carbocycles. The molecular weight excluding hydrogens is 333 g/mol. The molecule has 0 atom stereocenters. The Morgan fingerprint density at radius 2 is 1.36 bits per heavy atom. The summed E-state index contributed by atoms with van der Waals surface area (Å²) in [5.74, 6) is -2.30. The molecule has 0 bridgehead atoms. The first-order valence-electron chi connectivity index (χ1n) is 7.54. The molecule has 0 fully saturated rings. The van der Waals surface area contributed by atoms with E-state index in [1.165, 1.54) is 24.3 Å². The van der Waals surface area contributed by atoms with Gasteiger partial charge in [0.1, 0.15) is 0 Å². The van der Waals surface area contributed by atoms with Gasteiger partial charge in [0.15, 0.2) is 0 Å². The largest absolute Gasteiger partial charge is 0.493 e. The van der Waals surface area contributed by atoms with Gasteiger partial charge in [0.05, 0.1) is 11.4 Å². The molecule has 0 heterocycles. The second kappa shape index (κ2) is 6.66. The van der Waals surface area contributed by atoms with Crippen LogP contribution in [0.5, 0.6) is 0 Å². The minimum Gasteiger partial charge on any atom is -0.399 e. The van der Waals surface area contributed by atoms with Crippen LogP contribution in [0.15, 0.2) is 48.5 Å². The molecule has 0 amide bonds. The van der Waals surface area contributed by atoms with Crippen molar-refractivity contribution < 1.29 is 22.8 Å². The molecule has 2 N–H and O–H groups in total. The molecule has 4 nitrogen and oxygen atoms in total. The van der Waals surface area contributed by atoms with Crippen molar-refractivity contribution in [3.63, 3.8) is 0 Å². The van der Waals surface area contributed by atoms with Gasteiger partial charge in [0.25, 0.3) is 0 Å². The van der Waals surface area contributed by atoms with Gasteiger partial charge in [-0.2, -0.15) is 18.2 Å². The van der Waals surface area contributed by atoms with Gasteiger partial charge in [-0.25, -0.2) is 4.79 Å². The highest BCUT2D eigenvalue weighted by molar-refractivity contribution is 5.78. The number of anilines is 3. The van der Waals surface area contributed by atoms with Crippen molar-refractivity contribution in [3.05, 3.63) is 54.1 Å². The fourth-order valence-electron chi connectivity index (χ4n) is 2.10. The molecule has 7 heteroatoms. The van der Waals surface area contributed by atoms with Crippen LogP contribution in [0, 0.1) is 0 Å². The first-order chi connectivity index (χ1) is 11.5. The van der Waals surface area contributed by atoms with Gasteiger partial charge >= 0.3 is 12.1 Å². The lowest BCUT2D eigenvalue weighted by molar-refractivity contribution is -0.199. The van der Waals surface area contributed by atoms with Gasteiger partial charge in [0.2, 0.25) is 0 Å². The van der Waals surface area contributed by atoms with Crippen LogP contribution >= 0.6 is 0 Å². The van der Waals surface area contributed by atoms with E-state index in [4.69, 9.17) is 5.73 Å². The first kappa shape index (κ1) is 18.6. The summed E-state index contributed by atoms with van der Waals surface area (Å²) in [6.45, 7) is 6.05. The molecule has 0 spiro atoms. The number of nitrogens with zero attached hydrogens (tertiary/aromatic N) is 1. The molecule has 2 rings (SSSR count). The molecule has 0 saturated carbocycles. The Bertz CT molecular complexity index is 733. The summed E-state index contributed by atoms with van der Waals surface area (Å²) in [5.41, 5.74) is 7.45. The molecule has 134 valence electrons. The van der Waals surface area contributed by atoms with E-state index in [1.54, 1.807) is 24.3 Å². The first-order valence-corrected chi connectivity index (χ1v) is 7.54. The molecular formula is C18H19F3N2O2. The maximum atomic E-state index is 12.6. The van der Waals surface area contributed by atoms with Crippen molar-refractivity contribution in [1.82, 2.24) is 0 Å². The lowest BCUT2D eigenvalue weighted by atomic mass is 9.87. The standard InChI is InChI=1S/C18H19F3N2O2/c1-17(2,3)12-4-8-14(9-5-12)23(25-16(24)18(19,20)21)15-10-6-13(22)7-11-15/h4-11H,22H2,1-3H3. The van der Waals surface area contributed by atoms with Crippen molar-refractivity contribution in [1.29, 1.82) is 0 Å². The Balaban J connectivity index is 2.40. The summed E-state index contributed by atoms with van der Waals surface area (Å²) in [7, 11) is 0. The van der Waals surface area contributed by atoms with Crippen LogP contribution in [0.3, 0.4) is 0 Å². The summed E-state index contributed by atoms with van der Waals surface area (Å²) in [6, 6.07) is 12.7. The lowest BCUT2D eigenvalue weighted by Crippen LogP contribution is -2.32. The summed E-state index contributed by atoms with van der Waals surface area (Å²) >= 11 is 0. The quantitative estimate of drug-likeness (QED) is 0.641. The number of benzene rings is 2. The van der Waals surface area contributed by atoms with Crippen LogP contribution in [0.2, 0.25) is 0 Å². The number of alkyl halides is 3. The van der Waals surface area contributed by atoms with E-state index in [0.29, 0.717) is 5.69 Å². The van der Waals surface area contributed by atoms with Gasteiger partial charge in [-0.15, -0.1) is 0 Å². The van der Waals surface area contributed by atoms with E-state index in [9.17, 15) is 18.0 Å². The van der Waals surface area contributed by atoms with Gasteiger partial charge in [-0.05, 0) is 47.4 Å². The Morgan fingerprint density at radius 1 is 0.920 bits per heavy atom. The van der Waals surface area contributed by atoms with Crippen molar-refractivity contribution in [2.75, 3.05) is 10.8 Å². The predicted molar refractivity (Wildman–Crippen MR) is 90.3 cm³/mol. The molecule has 0 saturated heterocycles. The summed E-state index contributed by atoms with van der Waals surface area (Å²) < 4.78 is 37.8. The zero-order valence-electron chi connectivity index (χ0n) is 14.1. The van der Waals surface area contributed by atoms with Crippen molar-refractivity contribution in [2.24, 2.45) is 0 Å². The van der Waals surface area contributed by atoms with Crippen LogP contribution in [-0.2, 0) is 15.0 Å². The van der Waals surface area contributed by atoms with Crippen LogP contribution < -0.4 is 10.8 Å². The Kier molecular flexibility index (Phi) is 4.97. The van der Waals surface area contributed by atoms with Crippen molar-refractivity contribution in [3.8, 4) is 0 Å². The van der Waals surface area contributed by atoms with E-state index in [2.05, 4.69) is 4.84 Å². The summed E-state index contributed by atoms with van der Waals surface area (Å²) in [6.07, 6.45) is -5.10. The van der Waals surface area contributed by atoms with Gasteiger partial charge in [0, 0.05) is 5.69 Å². The van der Waals surface area contributed by atoms with Gasteiger partial charge < -0.3 is 10.6 Å². The highest BCUT2D eigenvalue weighted by Crippen LogP contribution is 2.31. The smallest absolute Gasteiger partial charge is 0.399 e. The minimum atomic E-state index is -5.10. The fraction of sp³-hybridized carbons (Fsp3) is 0.278. The van der Waals surface area contributed by atoms with Crippen LogP contribution in [0.1, 0.15) is 26.3 Å². The maximum absolute atomic E-state index is 12.6. The van der Waals surface area contributed by atoms with E-state index in [-0.39, 0.29) is 16.8 Å². The van der Waals surface area contributed by atoms with E-state index >= 15 is 0 Å². The average molecular weight is 352 g/mol. The van der Waals surface area contributed by atoms with Crippen molar-refractivity contribution in [2.45, 2.75) is 32.4 Å². The number of hydrogen-bond donors (Lipinski definition) is 1. The molecule has 2 aromatic rings. The minimum absolute atomic E-state index is 0.118. The lowest BCUT2D eigenvalue weighted by Gasteiger charge is -2.25. The fourth-order valence-corrected chi connectivity index (χ4v) is 2.10. The average Bonchev–Trinajstić information content (AvgIpc) is 2.52.